The summed E-state index contributed by atoms with van der Waals surface area (Å²) < 4.78 is 37.2. The number of alkyl halides is 3. The number of aliphatic imine (C=N–C) groups is 1. The van der Waals surface area contributed by atoms with Gasteiger partial charge in [-0.25, -0.2) is 0 Å². The van der Waals surface area contributed by atoms with Crippen molar-refractivity contribution in [2.45, 2.75) is 58.0 Å². The Morgan fingerprint density at radius 1 is 1.04 bits per heavy atom. The van der Waals surface area contributed by atoms with E-state index < -0.39 is 12.7 Å². The number of halogens is 3. The van der Waals surface area contributed by atoms with Gasteiger partial charge in [0.1, 0.15) is 0 Å². The van der Waals surface area contributed by atoms with Gasteiger partial charge in [-0.1, -0.05) is 12.8 Å². The van der Waals surface area contributed by atoms with Crippen LogP contribution in [0.25, 0.3) is 0 Å². The van der Waals surface area contributed by atoms with Gasteiger partial charge in [0.05, 0.1) is 6.54 Å². The van der Waals surface area contributed by atoms with Crippen LogP contribution in [0.4, 0.5) is 13.2 Å². The first kappa shape index (κ1) is 20.3. The van der Waals surface area contributed by atoms with E-state index in [1.54, 1.807) is 0 Å². The Kier molecular flexibility index (Phi) is 8.33. The fourth-order valence-electron chi connectivity index (χ4n) is 3.40. The van der Waals surface area contributed by atoms with E-state index in [0.717, 1.165) is 57.2 Å². The SMILES string of the molecule is CCNC(=NCCCC1CC1)NCCC1CCN(CC(F)(F)F)CC1. The lowest BCUT2D eigenvalue weighted by Crippen LogP contribution is -2.41. The lowest BCUT2D eigenvalue weighted by atomic mass is 9.93. The Morgan fingerprint density at radius 3 is 2.32 bits per heavy atom. The van der Waals surface area contributed by atoms with Crippen LogP contribution < -0.4 is 10.6 Å². The van der Waals surface area contributed by atoms with Gasteiger partial charge in [-0.15, -0.1) is 0 Å². The van der Waals surface area contributed by atoms with Gasteiger partial charge in [0.25, 0.3) is 0 Å². The normalized spacial score (nSPS) is 20.7. The van der Waals surface area contributed by atoms with Gasteiger partial charge >= 0.3 is 6.18 Å². The lowest BCUT2D eigenvalue weighted by molar-refractivity contribution is -0.148. The van der Waals surface area contributed by atoms with Gasteiger partial charge in [-0.05, 0) is 64.0 Å². The fourth-order valence-corrected chi connectivity index (χ4v) is 3.40. The van der Waals surface area contributed by atoms with E-state index in [1.807, 2.05) is 0 Å². The standard InChI is InChI=1S/C18H33F3N4/c1-2-22-17(23-10-3-4-15-5-6-15)24-11-7-16-8-12-25(13-9-16)14-18(19,20)21/h15-16H,2-14H2,1H3,(H2,22,23,24). The number of likely N-dealkylation sites (tertiary alicyclic amines) is 1. The second kappa shape index (κ2) is 10.2. The van der Waals surface area contributed by atoms with E-state index in [4.69, 9.17) is 0 Å². The largest absolute Gasteiger partial charge is 0.401 e. The number of hydrogen-bond acceptors (Lipinski definition) is 2. The van der Waals surface area contributed by atoms with Gasteiger partial charge in [-0.2, -0.15) is 13.2 Å². The molecule has 1 heterocycles. The number of rotatable bonds is 9. The van der Waals surface area contributed by atoms with Crippen LogP contribution in [0.5, 0.6) is 0 Å². The molecule has 0 aromatic heterocycles. The first-order valence-electron chi connectivity index (χ1n) is 9.77. The van der Waals surface area contributed by atoms with Crippen molar-refractivity contribution in [3.63, 3.8) is 0 Å². The highest BCUT2D eigenvalue weighted by Crippen LogP contribution is 2.33. The topological polar surface area (TPSA) is 39.7 Å². The molecule has 25 heavy (non-hydrogen) atoms. The minimum atomic E-state index is -4.08. The minimum absolute atomic E-state index is 0.509. The van der Waals surface area contributed by atoms with Gasteiger partial charge in [0.2, 0.25) is 0 Å². The monoisotopic (exact) mass is 362 g/mol. The van der Waals surface area contributed by atoms with Crippen molar-refractivity contribution in [1.29, 1.82) is 0 Å². The molecule has 0 atom stereocenters. The molecule has 2 aliphatic rings. The van der Waals surface area contributed by atoms with Crippen LogP contribution in [0, 0.1) is 11.8 Å². The number of piperidine rings is 1. The highest BCUT2D eigenvalue weighted by molar-refractivity contribution is 5.79. The first-order chi connectivity index (χ1) is 12.0. The molecule has 2 N–H and O–H groups in total. The van der Waals surface area contributed by atoms with Crippen molar-refractivity contribution in [1.82, 2.24) is 15.5 Å². The van der Waals surface area contributed by atoms with Crippen molar-refractivity contribution < 1.29 is 13.2 Å². The molecule has 0 aromatic rings. The maximum absolute atomic E-state index is 12.4. The van der Waals surface area contributed by atoms with Crippen molar-refractivity contribution in [3.05, 3.63) is 0 Å². The van der Waals surface area contributed by atoms with Crippen molar-refractivity contribution >= 4 is 5.96 Å². The summed E-state index contributed by atoms with van der Waals surface area (Å²) in [5, 5.41) is 6.63. The molecule has 1 aliphatic carbocycles. The molecule has 2 rings (SSSR count). The Morgan fingerprint density at radius 2 is 1.72 bits per heavy atom. The highest BCUT2D eigenvalue weighted by atomic mass is 19.4. The minimum Gasteiger partial charge on any atom is -0.357 e. The molecule has 7 heteroatoms. The van der Waals surface area contributed by atoms with Gasteiger partial charge in [-0.3, -0.25) is 9.89 Å². The molecule has 0 unspecified atom stereocenters. The summed E-state index contributed by atoms with van der Waals surface area (Å²) >= 11 is 0. The van der Waals surface area contributed by atoms with Crippen LogP contribution in [0.1, 0.15) is 51.9 Å². The summed E-state index contributed by atoms with van der Waals surface area (Å²) in [4.78, 5) is 6.13. The number of nitrogens with zero attached hydrogens (tertiary/aromatic N) is 2. The fraction of sp³-hybridized carbons (Fsp3) is 0.944. The molecule has 1 saturated heterocycles. The number of hydrogen-bond donors (Lipinski definition) is 2. The molecule has 0 radical (unpaired) electrons. The van der Waals surface area contributed by atoms with Crippen molar-refractivity contribution in [2.24, 2.45) is 16.8 Å². The molecule has 0 spiro atoms. The van der Waals surface area contributed by atoms with Crippen molar-refractivity contribution in [3.8, 4) is 0 Å². The van der Waals surface area contributed by atoms with Gasteiger partial charge in [0.15, 0.2) is 5.96 Å². The maximum atomic E-state index is 12.4. The molecule has 146 valence electrons. The third-order valence-corrected chi connectivity index (χ3v) is 5.04. The number of nitrogens with one attached hydrogen (secondary N) is 2. The van der Waals surface area contributed by atoms with E-state index in [2.05, 4.69) is 22.5 Å². The summed E-state index contributed by atoms with van der Waals surface area (Å²) in [5.41, 5.74) is 0. The molecule has 0 amide bonds. The van der Waals surface area contributed by atoms with Crippen molar-refractivity contribution in [2.75, 3.05) is 39.3 Å². The van der Waals surface area contributed by atoms with E-state index in [-0.39, 0.29) is 0 Å². The number of guanidine groups is 1. The molecule has 2 fully saturated rings. The van der Waals surface area contributed by atoms with Crippen LogP contribution in [-0.4, -0.2) is 56.3 Å². The lowest BCUT2D eigenvalue weighted by Gasteiger charge is -2.32. The predicted octanol–water partition coefficient (Wildman–Crippen LogP) is 3.40. The second-order valence-electron chi connectivity index (χ2n) is 7.40. The zero-order chi connectivity index (χ0) is 18.1. The highest BCUT2D eigenvalue weighted by Gasteiger charge is 2.32. The predicted molar refractivity (Wildman–Crippen MR) is 95.8 cm³/mol. The zero-order valence-corrected chi connectivity index (χ0v) is 15.4. The molecule has 0 bridgehead atoms. The molecule has 0 aromatic carbocycles. The Balaban J connectivity index is 1.58. The third-order valence-electron chi connectivity index (χ3n) is 5.04. The van der Waals surface area contributed by atoms with Crippen LogP contribution in [0.3, 0.4) is 0 Å². The summed E-state index contributed by atoms with van der Waals surface area (Å²) in [6.45, 7) is 4.93. The van der Waals surface area contributed by atoms with Crippen LogP contribution in [-0.2, 0) is 0 Å². The summed E-state index contributed by atoms with van der Waals surface area (Å²) in [6, 6.07) is 0. The second-order valence-corrected chi connectivity index (χ2v) is 7.40. The Hall–Kier alpha value is -0.980. The average Bonchev–Trinajstić information content (AvgIpc) is 3.36. The van der Waals surface area contributed by atoms with E-state index >= 15 is 0 Å². The Bertz CT molecular complexity index is 400. The molecule has 1 saturated carbocycles. The van der Waals surface area contributed by atoms with E-state index in [9.17, 15) is 13.2 Å². The van der Waals surface area contributed by atoms with Gasteiger partial charge in [0, 0.05) is 19.6 Å². The molecule has 4 nitrogen and oxygen atoms in total. The molecular weight excluding hydrogens is 329 g/mol. The quantitative estimate of drug-likeness (QED) is 0.375. The maximum Gasteiger partial charge on any atom is 0.401 e. The summed E-state index contributed by atoms with van der Waals surface area (Å²) in [7, 11) is 0. The third kappa shape index (κ3) is 9.33. The van der Waals surface area contributed by atoms with E-state index in [1.165, 1.54) is 24.2 Å². The summed E-state index contributed by atoms with van der Waals surface area (Å²) in [6.07, 6.45) is 3.85. The Labute approximate surface area is 149 Å². The average molecular weight is 362 g/mol. The first-order valence-corrected chi connectivity index (χ1v) is 9.77. The molecule has 1 aliphatic heterocycles. The zero-order valence-electron chi connectivity index (χ0n) is 15.4. The summed E-state index contributed by atoms with van der Waals surface area (Å²) in [5.74, 6) is 2.33. The van der Waals surface area contributed by atoms with Crippen LogP contribution >= 0.6 is 0 Å². The smallest absolute Gasteiger partial charge is 0.357 e. The van der Waals surface area contributed by atoms with Crippen LogP contribution in [0.15, 0.2) is 4.99 Å². The van der Waals surface area contributed by atoms with Crippen LogP contribution in [0.2, 0.25) is 0 Å². The molecular formula is C18H33F3N4. The van der Waals surface area contributed by atoms with Gasteiger partial charge < -0.3 is 10.6 Å². The van der Waals surface area contributed by atoms with E-state index in [0.29, 0.717) is 19.0 Å².